The highest BCUT2D eigenvalue weighted by molar-refractivity contribution is 5.93. The molecule has 0 heterocycles. The van der Waals surface area contributed by atoms with Crippen LogP contribution in [0.2, 0.25) is 0 Å². The van der Waals surface area contributed by atoms with E-state index in [1.165, 1.54) is 4.90 Å². The molecule has 0 radical (unpaired) electrons. The minimum absolute atomic E-state index is 0.000490. The van der Waals surface area contributed by atoms with Gasteiger partial charge in [0.1, 0.15) is 17.7 Å². The molecule has 2 aromatic carbocycles. The maximum Gasteiger partial charge on any atom is 0.408 e. The molecule has 2 rings (SSSR count). The molecule has 2 aromatic rings. The van der Waals surface area contributed by atoms with E-state index in [1.807, 2.05) is 82.3 Å². The summed E-state index contributed by atoms with van der Waals surface area (Å²) in [7, 11) is 0. The van der Waals surface area contributed by atoms with Crippen LogP contribution in [0.4, 0.5) is 4.79 Å². The van der Waals surface area contributed by atoms with E-state index in [9.17, 15) is 19.2 Å². The summed E-state index contributed by atoms with van der Waals surface area (Å²) in [6.45, 7) is 14.7. The number of esters is 1. The highest BCUT2D eigenvalue weighted by atomic mass is 16.6. The number of ether oxygens (including phenoxy) is 2. The molecule has 9 heteroatoms. The van der Waals surface area contributed by atoms with Gasteiger partial charge in [-0.3, -0.25) is 14.4 Å². The number of hydrogen-bond acceptors (Lipinski definition) is 6. The Morgan fingerprint density at radius 1 is 0.902 bits per heavy atom. The SMILES string of the molecule is CCOC(=O)CCNC(=O)C(c1ccc(C)cc1)N(C(=O)C(Cc1ccccc1)NC(=O)OC(C)(C)C)C(C)(C)C. The fourth-order valence-electron chi connectivity index (χ4n) is 4.30. The standard InChI is InChI=1S/C32H45N3O6/c1-9-40-26(36)19-20-33-28(37)27(24-17-15-22(2)16-18-24)35(31(3,4)5)29(38)25(21-23-13-11-10-12-14-23)34-30(39)41-32(6,7)8/h10-18,25,27H,9,19-21H2,1-8H3,(H,33,37)(H,34,39). The summed E-state index contributed by atoms with van der Waals surface area (Å²) in [5.74, 6) is -1.32. The lowest BCUT2D eigenvalue weighted by Gasteiger charge is -2.43. The Morgan fingerprint density at radius 3 is 2.05 bits per heavy atom. The van der Waals surface area contributed by atoms with E-state index in [0.717, 1.165) is 11.1 Å². The topological polar surface area (TPSA) is 114 Å². The van der Waals surface area contributed by atoms with Crippen molar-refractivity contribution in [3.8, 4) is 0 Å². The zero-order chi connectivity index (χ0) is 30.8. The van der Waals surface area contributed by atoms with E-state index in [1.54, 1.807) is 27.7 Å². The number of alkyl carbamates (subject to hydrolysis) is 1. The van der Waals surface area contributed by atoms with Crippen molar-refractivity contribution in [3.05, 3.63) is 71.3 Å². The molecule has 0 aliphatic carbocycles. The molecule has 0 fully saturated rings. The molecule has 9 nitrogen and oxygen atoms in total. The van der Waals surface area contributed by atoms with Crippen LogP contribution >= 0.6 is 0 Å². The summed E-state index contributed by atoms with van der Waals surface area (Å²) in [6, 6.07) is 14.6. The van der Waals surface area contributed by atoms with Crippen LogP contribution in [-0.2, 0) is 30.3 Å². The van der Waals surface area contributed by atoms with E-state index in [-0.39, 0.29) is 26.0 Å². The Bertz CT molecular complexity index is 1170. The van der Waals surface area contributed by atoms with E-state index >= 15 is 0 Å². The first-order valence-electron chi connectivity index (χ1n) is 14.0. The fourth-order valence-corrected chi connectivity index (χ4v) is 4.30. The number of nitrogens with zero attached hydrogens (tertiary/aromatic N) is 1. The number of hydrogen-bond donors (Lipinski definition) is 2. The Morgan fingerprint density at radius 2 is 1.51 bits per heavy atom. The van der Waals surface area contributed by atoms with Crippen molar-refractivity contribution in [2.45, 2.75) is 91.5 Å². The molecule has 0 aliphatic rings. The highest BCUT2D eigenvalue weighted by Crippen LogP contribution is 2.31. The number of carbonyl (C=O) groups is 4. The van der Waals surface area contributed by atoms with E-state index in [2.05, 4.69) is 10.6 Å². The zero-order valence-corrected chi connectivity index (χ0v) is 25.6. The van der Waals surface area contributed by atoms with E-state index < -0.39 is 47.1 Å². The largest absolute Gasteiger partial charge is 0.466 e. The van der Waals surface area contributed by atoms with Crippen molar-refractivity contribution in [1.82, 2.24) is 15.5 Å². The van der Waals surface area contributed by atoms with Crippen molar-refractivity contribution in [1.29, 1.82) is 0 Å². The summed E-state index contributed by atoms with van der Waals surface area (Å²) in [6.07, 6.45) is -0.539. The van der Waals surface area contributed by atoms with Gasteiger partial charge in [-0.05, 0) is 66.5 Å². The summed E-state index contributed by atoms with van der Waals surface area (Å²) in [4.78, 5) is 54.5. The average molecular weight is 568 g/mol. The van der Waals surface area contributed by atoms with Crippen LogP contribution in [0, 0.1) is 6.92 Å². The van der Waals surface area contributed by atoms with Crippen molar-refractivity contribution in [2.75, 3.05) is 13.2 Å². The van der Waals surface area contributed by atoms with Crippen LogP contribution in [-0.4, -0.2) is 59.1 Å². The molecule has 0 saturated carbocycles. The van der Waals surface area contributed by atoms with Gasteiger partial charge < -0.3 is 25.0 Å². The Labute approximate surface area is 244 Å². The minimum Gasteiger partial charge on any atom is -0.466 e. The van der Waals surface area contributed by atoms with Gasteiger partial charge in [0.25, 0.3) is 0 Å². The summed E-state index contributed by atoms with van der Waals surface area (Å²) < 4.78 is 10.5. The van der Waals surface area contributed by atoms with Gasteiger partial charge in [0, 0.05) is 18.5 Å². The lowest BCUT2D eigenvalue weighted by Crippen LogP contribution is -2.59. The van der Waals surface area contributed by atoms with Crippen molar-refractivity contribution in [3.63, 3.8) is 0 Å². The predicted octanol–water partition coefficient (Wildman–Crippen LogP) is 4.87. The average Bonchev–Trinajstić information content (AvgIpc) is 2.86. The fraction of sp³-hybridized carbons (Fsp3) is 0.500. The maximum atomic E-state index is 14.5. The second-order valence-electron chi connectivity index (χ2n) is 11.9. The van der Waals surface area contributed by atoms with Crippen LogP contribution in [0.1, 0.15) is 77.6 Å². The summed E-state index contributed by atoms with van der Waals surface area (Å²) >= 11 is 0. The highest BCUT2D eigenvalue weighted by Gasteiger charge is 2.42. The van der Waals surface area contributed by atoms with Crippen molar-refractivity contribution < 1.29 is 28.7 Å². The first-order valence-corrected chi connectivity index (χ1v) is 14.0. The molecule has 0 bridgehead atoms. The quantitative estimate of drug-likeness (QED) is 0.375. The Hall–Kier alpha value is -3.88. The summed E-state index contributed by atoms with van der Waals surface area (Å²) in [5, 5.41) is 5.56. The zero-order valence-electron chi connectivity index (χ0n) is 25.6. The van der Waals surface area contributed by atoms with Crippen molar-refractivity contribution >= 4 is 23.9 Å². The van der Waals surface area contributed by atoms with Crippen LogP contribution in [0.3, 0.4) is 0 Å². The third-order valence-electron chi connectivity index (χ3n) is 6.07. The molecule has 0 aliphatic heterocycles. The van der Waals surface area contributed by atoms with Gasteiger partial charge in [0.2, 0.25) is 11.8 Å². The Balaban J connectivity index is 2.52. The predicted molar refractivity (Wildman–Crippen MR) is 158 cm³/mol. The molecule has 0 spiro atoms. The monoisotopic (exact) mass is 567 g/mol. The van der Waals surface area contributed by atoms with Gasteiger partial charge in [-0.1, -0.05) is 60.2 Å². The molecule has 2 atom stereocenters. The van der Waals surface area contributed by atoms with E-state index in [4.69, 9.17) is 9.47 Å². The second-order valence-corrected chi connectivity index (χ2v) is 11.9. The second kappa shape index (κ2) is 14.7. The molecular formula is C32H45N3O6. The first kappa shape index (κ1) is 33.3. The van der Waals surface area contributed by atoms with Gasteiger partial charge in [0.05, 0.1) is 13.0 Å². The lowest BCUT2D eigenvalue weighted by atomic mass is 9.93. The van der Waals surface area contributed by atoms with Gasteiger partial charge in [0.15, 0.2) is 0 Å². The number of aryl methyl sites for hydroxylation is 1. The molecule has 3 amide bonds. The summed E-state index contributed by atoms with van der Waals surface area (Å²) in [5.41, 5.74) is 0.828. The molecule has 0 saturated heterocycles. The Kier molecular flexibility index (Phi) is 11.9. The lowest BCUT2D eigenvalue weighted by molar-refractivity contribution is -0.149. The molecule has 41 heavy (non-hydrogen) atoms. The number of amides is 3. The molecule has 0 aromatic heterocycles. The number of rotatable bonds is 11. The molecule has 224 valence electrons. The van der Waals surface area contributed by atoms with Gasteiger partial charge in [-0.2, -0.15) is 0 Å². The van der Waals surface area contributed by atoms with E-state index in [0.29, 0.717) is 5.56 Å². The molecule has 2 N–H and O–H groups in total. The molecular weight excluding hydrogens is 522 g/mol. The van der Waals surface area contributed by atoms with Crippen LogP contribution in [0.5, 0.6) is 0 Å². The number of nitrogens with one attached hydrogen (secondary N) is 2. The first-order chi connectivity index (χ1) is 19.1. The van der Waals surface area contributed by atoms with Crippen LogP contribution < -0.4 is 10.6 Å². The van der Waals surface area contributed by atoms with Crippen LogP contribution in [0.25, 0.3) is 0 Å². The van der Waals surface area contributed by atoms with Crippen LogP contribution in [0.15, 0.2) is 54.6 Å². The normalized spacial score (nSPS) is 13.0. The van der Waals surface area contributed by atoms with Gasteiger partial charge in [-0.15, -0.1) is 0 Å². The third-order valence-corrected chi connectivity index (χ3v) is 6.07. The number of carbonyl (C=O) groups excluding carboxylic acids is 4. The van der Waals surface area contributed by atoms with Gasteiger partial charge in [-0.25, -0.2) is 4.79 Å². The smallest absolute Gasteiger partial charge is 0.408 e. The maximum absolute atomic E-state index is 14.5. The minimum atomic E-state index is -1.04. The van der Waals surface area contributed by atoms with Crippen molar-refractivity contribution in [2.24, 2.45) is 0 Å². The number of benzene rings is 2. The van der Waals surface area contributed by atoms with Gasteiger partial charge >= 0.3 is 12.1 Å². The third kappa shape index (κ3) is 10.9. The molecule has 2 unspecified atom stereocenters.